The zero-order chi connectivity index (χ0) is 19.0. The summed E-state index contributed by atoms with van der Waals surface area (Å²) in [5.41, 5.74) is 1.19. The topological polar surface area (TPSA) is 60.0 Å². The van der Waals surface area contributed by atoms with E-state index in [1.165, 1.54) is 10.6 Å². The molecule has 148 valence electrons. The van der Waals surface area contributed by atoms with Crippen LogP contribution >= 0.6 is 11.3 Å². The van der Waals surface area contributed by atoms with Gasteiger partial charge in [0.1, 0.15) is 0 Å². The molecule has 0 saturated carbocycles. The standard InChI is InChI=1S/C19H29N5O2S/c1-14(25)22-9-11-24(12-10-22)19-20-16-4-3-15(13-17(16)27-19)18(26)23-7-5-21(2)6-8-23/h15H,3-13H2,1-2H3/t15-/m1/s1. The summed E-state index contributed by atoms with van der Waals surface area (Å²) in [6.45, 7) is 8.51. The number of aryl methyl sites for hydroxylation is 1. The van der Waals surface area contributed by atoms with Gasteiger partial charge in [-0.1, -0.05) is 0 Å². The monoisotopic (exact) mass is 391 g/mol. The van der Waals surface area contributed by atoms with E-state index >= 15 is 0 Å². The second kappa shape index (κ2) is 7.75. The lowest BCUT2D eigenvalue weighted by atomic mass is 9.90. The van der Waals surface area contributed by atoms with Crippen molar-refractivity contribution in [3.8, 4) is 0 Å². The molecule has 0 aromatic carbocycles. The van der Waals surface area contributed by atoms with Gasteiger partial charge in [-0.15, -0.1) is 11.3 Å². The van der Waals surface area contributed by atoms with Crippen molar-refractivity contribution in [3.05, 3.63) is 10.6 Å². The molecule has 2 saturated heterocycles. The molecule has 1 aliphatic carbocycles. The van der Waals surface area contributed by atoms with E-state index in [1.807, 2.05) is 4.90 Å². The first-order valence-corrected chi connectivity index (χ1v) is 10.8. The summed E-state index contributed by atoms with van der Waals surface area (Å²) in [7, 11) is 2.11. The normalized spacial score (nSPS) is 24.1. The van der Waals surface area contributed by atoms with Crippen molar-refractivity contribution in [2.75, 3.05) is 64.3 Å². The third-order valence-electron chi connectivity index (χ3n) is 6.09. The zero-order valence-corrected chi connectivity index (χ0v) is 17.1. The van der Waals surface area contributed by atoms with Crippen LogP contribution in [0.25, 0.3) is 0 Å². The SMILES string of the molecule is CC(=O)N1CCN(c2nc3c(s2)C[C@H](C(=O)N2CCN(C)CC2)CC3)CC1. The lowest BCUT2D eigenvalue weighted by Gasteiger charge is -2.35. The third kappa shape index (κ3) is 3.96. The summed E-state index contributed by atoms with van der Waals surface area (Å²) in [6.07, 6.45) is 2.66. The Bertz CT molecular complexity index is 705. The summed E-state index contributed by atoms with van der Waals surface area (Å²) in [4.78, 5) is 39.1. The van der Waals surface area contributed by atoms with E-state index in [2.05, 4.69) is 21.7 Å². The Morgan fingerprint density at radius 2 is 1.67 bits per heavy atom. The van der Waals surface area contributed by atoms with Crippen LogP contribution in [0.4, 0.5) is 5.13 Å². The smallest absolute Gasteiger partial charge is 0.226 e. The minimum absolute atomic E-state index is 0.115. The molecule has 0 N–H and O–H groups in total. The molecule has 2 amide bonds. The minimum Gasteiger partial charge on any atom is -0.345 e. The van der Waals surface area contributed by atoms with Crippen LogP contribution in [0.3, 0.4) is 0 Å². The van der Waals surface area contributed by atoms with Gasteiger partial charge in [0, 0.05) is 70.1 Å². The van der Waals surface area contributed by atoms with E-state index in [-0.39, 0.29) is 11.8 Å². The van der Waals surface area contributed by atoms with Crippen molar-refractivity contribution in [2.24, 2.45) is 5.92 Å². The highest BCUT2D eigenvalue weighted by atomic mass is 32.1. The fourth-order valence-corrected chi connectivity index (χ4v) is 5.44. The molecule has 0 spiro atoms. The Kier molecular flexibility index (Phi) is 5.36. The quantitative estimate of drug-likeness (QED) is 0.742. The van der Waals surface area contributed by atoms with Gasteiger partial charge in [-0.25, -0.2) is 4.98 Å². The number of anilines is 1. The van der Waals surface area contributed by atoms with Gasteiger partial charge in [0.25, 0.3) is 0 Å². The molecular formula is C19H29N5O2S. The second-order valence-corrected chi connectivity index (χ2v) is 8.99. The maximum absolute atomic E-state index is 12.9. The average Bonchev–Trinajstić information content (AvgIpc) is 3.11. The first-order valence-electron chi connectivity index (χ1n) is 9.97. The van der Waals surface area contributed by atoms with E-state index in [0.29, 0.717) is 5.91 Å². The fourth-order valence-electron chi connectivity index (χ4n) is 4.21. The molecule has 2 fully saturated rings. The first kappa shape index (κ1) is 18.7. The van der Waals surface area contributed by atoms with Crippen LogP contribution in [-0.4, -0.2) is 90.9 Å². The number of carbonyl (C=O) groups excluding carboxylic acids is 2. The van der Waals surface area contributed by atoms with Crippen LogP contribution in [0.1, 0.15) is 23.9 Å². The zero-order valence-electron chi connectivity index (χ0n) is 16.3. The Labute approximate surface area is 164 Å². The molecule has 7 nitrogen and oxygen atoms in total. The van der Waals surface area contributed by atoms with E-state index in [9.17, 15) is 9.59 Å². The molecule has 4 rings (SSSR count). The van der Waals surface area contributed by atoms with Gasteiger partial charge in [-0.2, -0.15) is 0 Å². The predicted molar refractivity (Wildman–Crippen MR) is 106 cm³/mol. The lowest BCUT2D eigenvalue weighted by Crippen LogP contribution is -2.49. The van der Waals surface area contributed by atoms with Crippen LogP contribution in [0.5, 0.6) is 0 Å². The Morgan fingerprint density at radius 1 is 1.00 bits per heavy atom. The number of thiazole rings is 1. The molecule has 1 atom stereocenters. The highest BCUT2D eigenvalue weighted by Gasteiger charge is 2.32. The van der Waals surface area contributed by atoms with Crippen molar-refractivity contribution in [1.82, 2.24) is 19.7 Å². The number of aromatic nitrogens is 1. The summed E-state index contributed by atoms with van der Waals surface area (Å²) < 4.78 is 0. The fraction of sp³-hybridized carbons (Fsp3) is 0.737. The number of carbonyl (C=O) groups is 2. The average molecular weight is 392 g/mol. The van der Waals surface area contributed by atoms with Crippen molar-refractivity contribution >= 4 is 28.3 Å². The number of amides is 2. The molecular weight excluding hydrogens is 362 g/mol. The molecule has 1 aromatic rings. The number of likely N-dealkylation sites (N-methyl/N-ethyl adjacent to an activating group) is 1. The summed E-state index contributed by atoms with van der Waals surface area (Å²) in [5, 5.41) is 1.07. The van der Waals surface area contributed by atoms with E-state index in [0.717, 1.165) is 76.8 Å². The molecule has 0 unspecified atom stereocenters. The van der Waals surface area contributed by atoms with Crippen LogP contribution in [-0.2, 0) is 22.4 Å². The molecule has 0 radical (unpaired) electrons. The van der Waals surface area contributed by atoms with Crippen molar-refractivity contribution in [3.63, 3.8) is 0 Å². The van der Waals surface area contributed by atoms with Gasteiger partial charge >= 0.3 is 0 Å². The number of hydrogen-bond donors (Lipinski definition) is 0. The van der Waals surface area contributed by atoms with Crippen molar-refractivity contribution in [2.45, 2.75) is 26.2 Å². The Balaban J connectivity index is 1.38. The number of hydrogen-bond acceptors (Lipinski definition) is 6. The van der Waals surface area contributed by atoms with Gasteiger partial charge in [0.2, 0.25) is 11.8 Å². The van der Waals surface area contributed by atoms with E-state index in [4.69, 9.17) is 4.98 Å². The van der Waals surface area contributed by atoms with Crippen LogP contribution in [0.2, 0.25) is 0 Å². The number of rotatable bonds is 2. The summed E-state index contributed by atoms with van der Waals surface area (Å²) >= 11 is 1.75. The predicted octanol–water partition coefficient (Wildman–Crippen LogP) is 0.691. The largest absolute Gasteiger partial charge is 0.345 e. The molecule has 8 heteroatoms. The number of piperazine rings is 2. The van der Waals surface area contributed by atoms with E-state index < -0.39 is 0 Å². The Hall–Kier alpha value is -1.67. The molecule has 1 aromatic heterocycles. The van der Waals surface area contributed by atoms with Gasteiger partial charge in [-0.3, -0.25) is 9.59 Å². The summed E-state index contributed by atoms with van der Waals surface area (Å²) in [6, 6.07) is 0. The molecule has 27 heavy (non-hydrogen) atoms. The highest BCUT2D eigenvalue weighted by Crippen LogP contribution is 2.35. The van der Waals surface area contributed by atoms with Gasteiger partial charge in [0.05, 0.1) is 5.69 Å². The maximum Gasteiger partial charge on any atom is 0.226 e. The second-order valence-electron chi connectivity index (χ2n) is 7.93. The molecule has 2 aliphatic heterocycles. The number of nitrogens with zero attached hydrogens (tertiary/aromatic N) is 5. The van der Waals surface area contributed by atoms with Gasteiger partial charge in [0.15, 0.2) is 5.13 Å². The lowest BCUT2D eigenvalue weighted by molar-refractivity contribution is -0.137. The van der Waals surface area contributed by atoms with Crippen molar-refractivity contribution in [1.29, 1.82) is 0 Å². The van der Waals surface area contributed by atoms with E-state index in [1.54, 1.807) is 18.3 Å². The summed E-state index contributed by atoms with van der Waals surface area (Å²) in [5.74, 6) is 0.598. The highest BCUT2D eigenvalue weighted by molar-refractivity contribution is 7.15. The maximum atomic E-state index is 12.9. The van der Waals surface area contributed by atoms with Crippen LogP contribution in [0, 0.1) is 5.92 Å². The first-order chi connectivity index (χ1) is 13.0. The van der Waals surface area contributed by atoms with Gasteiger partial charge < -0.3 is 19.6 Å². The van der Waals surface area contributed by atoms with Crippen LogP contribution < -0.4 is 4.90 Å². The van der Waals surface area contributed by atoms with Crippen molar-refractivity contribution < 1.29 is 9.59 Å². The molecule has 3 aliphatic rings. The Morgan fingerprint density at radius 3 is 2.33 bits per heavy atom. The molecule has 0 bridgehead atoms. The minimum atomic E-state index is 0.115. The molecule has 3 heterocycles. The third-order valence-corrected chi connectivity index (χ3v) is 7.27. The van der Waals surface area contributed by atoms with Crippen LogP contribution in [0.15, 0.2) is 0 Å². The number of fused-ring (bicyclic) bond motifs is 1. The van der Waals surface area contributed by atoms with Gasteiger partial charge in [-0.05, 0) is 26.3 Å².